The summed E-state index contributed by atoms with van der Waals surface area (Å²) >= 11 is 3.48. The van der Waals surface area contributed by atoms with Gasteiger partial charge >= 0.3 is 5.97 Å². The van der Waals surface area contributed by atoms with E-state index in [4.69, 9.17) is 9.72 Å². The van der Waals surface area contributed by atoms with E-state index in [9.17, 15) is 9.59 Å². The molecule has 0 radical (unpaired) electrons. The highest BCUT2D eigenvalue weighted by atomic mass is 79.9. The SMILES string of the molecule is COC(=O)c1c(NC(=O)c2cc(-c3cccc(Br)c3)nc3ccccc23)c(C)nn1C. The number of carbonyl (C=O) groups excluding carboxylic acids is 2. The number of aromatic nitrogens is 3. The number of esters is 1. The van der Waals surface area contributed by atoms with Gasteiger partial charge in [-0.15, -0.1) is 0 Å². The summed E-state index contributed by atoms with van der Waals surface area (Å²) in [5.41, 5.74) is 3.70. The Hall–Kier alpha value is -3.52. The summed E-state index contributed by atoms with van der Waals surface area (Å²) in [6.07, 6.45) is 0. The molecule has 0 spiro atoms. The van der Waals surface area contributed by atoms with Gasteiger partial charge in [-0.3, -0.25) is 9.48 Å². The number of amides is 1. The number of benzene rings is 2. The fourth-order valence-electron chi connectivity index (χ4n) is 3.48. The number of nitrogens with zero attached hydrogens (tertiary/aromatic N) is 3. The largest absolute Gasteiger partial charge is 0.464 e. The number of aryl methyl sites for hydroxylation is 2. The minimum Gasteiger partial charge on any atom is -0.464 e. The number of hydrogen-bond donors (Lipinski definition) is 1. The number of carbonyl (C=O) groups is 2. The van der Waals surface area contributed by atoms with Crippen LogP contribution >= 0.6 is 15.9 Å². The molecule has 8 heteroatoms. The lowest BCUT2D eigenvalue weighted by atomic mass is 10.0. The van der Waals surface area contributed by atoms with Crippen molar-refractivity contribution >= 4 is 44.4 Å². The van der Waals surface area contributed by atoms with Crippen molar-refractivity contribution in [1.29, 1.82) is 0 Å². The third-order valence-electron chi connectivity index (χ3n) is 4.92. The first-order chi connectivity index (χ1) is 14.9. The van der Waals surface area contributed by atoms with E-state index in [0.29, 0.717) is 33.5 Å². The highest BCUT2D eigenvalue weighted by molar-refractivity contribution is 9.10. The molecule has 0 aliphatic heterocycles. The van der Waals surface area contributed by atoms with Crippen molar-refractivity contribution in [3.8, 4) is 11.3 Å². The van der Waals surface area contributed by atoms with Crippen molar-refractivity contribution in [3.05, 3.63) is 76.0 Å². The Bertz CT molecular complexity index is 1330. The lowest BCUT2D eigenvalue weighted by Gasteiger charge is -2.11. The van der Waals surface area contributed by atoms with E-state index in [1.54, 1.807) is 20.0 Å². The van der Waals surface area contributed by atoms with Crippen molar-refractivity contribution in [2.75, 3.05) is 12.4 Å². The van der Waals surface area contributed by atoms with Gasteiger partial charge in [0.15, 0.2) is 5.69 Å². The second kappa shape index (κ2) is 8.31. The van der Waals surface area contributed by atoms with E-state index in [1.807, 2.05) is 48.5 Å². The van der Waals surface area contributed by atoms with Gasteiger partial charge in [0, 0.05) is 22.5 Å². The Morgan fingerprint density at radius 2 is 1.87 bits per heavy atom. The second-order valence-corrected chi connectivity index (χ2v) is 7.88. The maximum absolute atomic E-state index is 13.4. The molecule has 0 fully saturated rings. The van der Waals surface area contributed by atoms with E-state index >= 15 is 0 Å². The van der Waals surface area contributed by atoms with E-state index < -0.39 is 5.97 Å². The van der Waals surface area contributed by atoms with Crippen LogP contribution in [0.5, 0.6) is 0 Å². The summed E-state index contributed by atoms with van der Waals surface area (Å²) < 4.78 is 7.16. The number of hydrogen-bond acceptors (Lipinski definition) is 5. The Morgan fingerprint density at radius 3 is 2.61 bits per heavy atom. The smallest absolute Gasteiger partial charge is 0.358 e. The number of para-hydroxylation sites is 1. The average molecular weight is 479 g/mol. The Labute approximate surface area is 187 Å². The van der Waals surface area contributed by atoms with Crippen LogP contribution in [0.4, 0.5) is 5.69 Å². The summed E-state index contributed by atoms with van der Waals surface area (Å²) in [5, 5.41) is 7.81. The summed E-state index contributed by atoms with van der Waals surface area (Å²) in [6, 6.07) is 16.9. The molecule has 31 heavy (non-hydrogen) atoms. The van der Waals surface area contributed by atoms with E-state index in [2.05, 4.69) is 26.3 Å². The van der Waals surface area contributed by atoms with Gasteiger partial charge in [-0.2, -0.15) is 5.10 Å². The first-order valence-corrected chi connectivity index (χ1v) is 10.3. The molecular formula is C23H19BrN4O3. The van der Waals surface area contributed by atoms with Gasteiger partial charge in [0.1, 0.15) is 0 Å². The number of ether oxygens (including phenoxy) is 1. The van der Waals surface area contributed by atoms with Crippen molar-refractivity contribution in [2.45, 2.75) is 6.92 Å². The van der Waals surface area contributed by atoms with Gasteiger partial charge in [-0.1, -0.05) is 46.3 Å². The zero-order valence-electron chi connectivity index (χ0n) is 17.1. The molecule has 0 aliphatic rings. The molecule has 2 heterocycles. The first kappa shape index (κ1) is 20.7. The number of fused-ring (bicyclic) bond motifs is 1. The van der Waals surface area contributed by atoms with Crippen molar-refractivity contribution < 1.29 is 14.3 Å². The summed E-state index contributed by atoms with van der Waals surface area (Å²) in [4.78, 5) is 30.3. The van der Waals surface area contributed by atoms with Crippen LogP contribution in [-0.4, -0.2) is 33.8 Å². The van der Waals surface area contributed by atoms with Crippen LogP contribution in [0.1, 0.15) is 26.5 Å². The molecule has 0 saturated carbocycles. The normalized spacial score (nSPS) is 10.8. The van der Waals surface area contributed by atoms with Crippen molar-refractivity contribution in [3.63, 3.8) is 0 Å². The van der Waals surface area contributed by atoms with Crippen LogP contribution in [0.2, 0.25) is 0 Å². The van der Waals surface area contributed by atoms with E-state index in [-0.39, 0.29) is 11.6 Å². The number of halogens is 1. The summed E-state index contributed by atoms with van der Waals surface area (Å²) in [7, 11) is 2.92. The third kappa shape index (κ3) is 3.94. The number of pyridine rings is 1. The molecule has 0 bridgehead atoms. The maximum atomic E-state index is 13.4. The molecule has 156 valence electrons. The van der Waals surface area contributed by atoms with Crippen LogP contribution < -0.4 is 5.32 Å². The van der Waals surface area contributed by atoms with Crippen molar-refractivity contribution in [2.24, 2.45) is 7.05 Å². The predicted octanol–water partition coefficient (Wildman–Crippen LogP) is 4.75. The molecule has 0 saturated heterocycles. The van der Waals surface area contributed by atoms with Gasteiger partial charge in [-0.25, -0.2) is 9.78 Å². The highest BCUT2D eigenvalue weighted by Crippen LogP contribution is 2.28. The molecule has 0 unspecified atom stereocenters. The molecule has 1 amide bonds. The van der Waals surface area contributed by atoms with Gasteiger partial charge in [-0.05, 0) is 31.2 Å². The predicted molar refractivity (Wildman–Crippen MR) is 122 cm³/mol. The summed E-state index contributed by atoms with van der Waals surface area (Å²) in [5.74, 6) is -0.941. The monoisotopic (exact) mass is 478 g/mol. The summed E-state index contributed by atoms with van der Waals surface area (Å²) in [6.45, 7) is 1.72. The molecular weight excluding hydrogens is 460 g/mol. The number of rotatable bonds is 4. The number of nitrogens with one attached hydrogen (secondary N) is 1. The Balaban J connectivity index is 1.83. The molecule has 4 aromatic rings. The van der Waals surface area contributed by atoms with Crippen LogP contribution in [0.3, 0.4) is 0 Å². The first-order valence-electron chi connectivity index (χ1n) is 9.48. The quantitative estimate of drug-likeness (QED) is 0.427. The van der Waals surface area contributed by atoms with Crippen LogP contribution in [0.25, 0.3) is 22.2 Å². The fraction of sp³-hybridized carbons (Fsp3) is 0.130. The molecule has 2 aromatic heterocycles. The molecule has 0 aliphatic carbocycles. The lowest BCUT2D eigenvalue weighted by molar-refractivity contribution is 0.0589. The van der Waals surface area contributed by atoms with Crippen LogP contribution in [0.15, 0.2) is 59.1 Å². The van der Waals surface area contributed by atoms with Crippen LogP contribution in [-0.2, 0) is 11.8 Å². The Morgan fingerprint density at radius 1 is 1.10 bits per heavy atom. The van der Waals surface area contributed by atoms with E-state index in [0.717, 1.165) is 10.0 Å². The topological polar surface area (TPSA) is 86.1 Å². The van der Waals surface area contributed by atoms with Gasteiger partial charge in [0.05, 0.1) is 35.3 Å². The zero-order chi connectivity index (χ0) is 22.1. The molecule has 4 rings (SSSR count). The molecule has 7 nitrogen and oxygen atoms in total. The minimum atomic E-state index is -0.576. The number of anilines is 1. The van der Waals surface area contributed by atoms with Gasteiger partial charge in [0.2, 0.25) is 0 Å². The van der Waals surface area contributed by atoms with E-state index in [1.165, 1.54) is 11.8 Å². The van der Waals surface area contributed by atoms with Crippen molar-refractivity contribution in [1.82, 2.24) is 14.8 Å². The Kier molecular flexibility index (Phi) is 5.56. The molecule has 0 atom stereocenters. The second-order valence-electron chi connectivity index (χ2n) is 6.96. The van der Waals surface area contributed by atoms with Crippen LogP contribution in [0, 0.1) is 6.92 Å². The minimum absolute atomic E-state index is 0.180. The van der Waals surface area contributed by atoms with Gasteiger partial charge in [0.25, 0.3) is 5.91 Å². The number of methoxy groups -OCH3 is 1. The zero-order valence-corrected chi connectivity index (χ0v) is 18.7. The average Bonchev–Trinajstić information content (AvgIpc) is 3.05. The molecule has 1 N–H and O–H groups in total. The standard InChI is InChI=1S/C23H19BrN4O3/c1-13-20(21(23(30)31-3)28(2)27-13)26-22(29)17-12-19(14-7-6-8-15(24)11-14)25-18-10-5-4-9-16(17)18/h4-12H,1-3H3,(H,26,29). The maximum Gasteiger partial charge on any atom is 0.358 e. The van der Waals surface area contributed by atoms with Gasteiger partial charge < -0.3 is 10.1 Å². The lowest BCUT2D eigenvalue weighted by Crippen LogP contribution is -2.17. The highest BCUT2D eigenvalue weighted by Gasteiger charge is 2.24. The molecule has 2 aromatic carbocycles. The third-order valence-corrected chi connectivity index (χ3v) is 5.41. The fourth-order valence-corrected chi connectivity index (χ4v) is 3.88.